The maximum absolute atomic E-state index is 12.4. The highest BCUT2D eigenvalue weighted by Gasteiger charge is 2.34. The summed E-state index contributed by atoms with van der Waals surface area (Å²) < 4.78 is 27.8. The van der Waals surface area contributed by atoms with Gasteiger partial charge in [0.1, 0.15) is 0 Å². The van der Waals surface area contributed by atoms with Crippen molar-refractivity contribution >= 4 is 21.8 Å². The van der Waals surface area contributed by atoms with Gasteiger partial charge in [0, 0.05) is 32.1 Å². The molecule has 1 aliphatic rings. The fourth-order valence-corrected chi connectivity index (χ4v) is 4.38. The van der Waals surface area contributed by atoms with E-state index >= 15 is 0 Å². The maximum Gasteiger partial charge on any atom is 0.282 e. The lowest BCUT2D eigenvalue weighted by molar-refractivity contribution is 0.249. The largest absolute Gasteiger partial charge is 0.282 e. The Labute approximate surface area is 110 Å². The van der Waals surface area contributed by atoms with Gasteiger partial charge in [0.05, 0.1) is 0 Å². The molecule has 0 bridgehead atoms. The Balaban J connectivity index is 2.80. The van der Waals surface area contributed by atoms with Crippen molar-refractivity contribution in [2.24, 2.45) is 5.92 Å². The number of alkyl halides is 1. The van der Waals surface area contributed by atoms with Crippen LogP contribution in [0.5, 0.6) is 0 Å². The number of rotatable bonds is 5. The van der Waals surface area contributed by atoms with Gasteiger partial charge >= 0.3 is 0 Å². The average molecular weight is 283 g/mol. The number of halogens is 1. The summed E-state index contributed by atoms with van der Waals surface area (Å²) in [4.78, 5) is 0. The first-order valence-corrected chi connectivity index (χ1v) is 8.11. The van der Waals surface area contributed by atoms with Crippen LogP contribution in [-0.4, -0.2) is 49.1 Å². The standard InChI is InChI=1S/C11H23ClN2O2S/c1-10(2)9-13(3)17(15,16)14-7-5-4-6-11(14)8-12/h10-11H,4-9H2,1-3H3. The third-order valence-corrected chi connectivity index (χ3v) is 5.43. The molecule has 17 heavy (non-hydrogen) atoms. The molecule has 0 aromatic rings. The molecule has 1 fully saturated rings. The molecule has 6 heteroatoms. The van der Waals surface area contributed by atoms with Gasteiger partial charge in [-0.3, -0.25) is 0 Å². The summed E-state index contributed by atoms with van der Waals surface area (Å²) >= 11 is 5.87. The highest BCUT2D eigenvalue weighted by atomic mass is 35.5. The average Bonchev–Trinajstić information content (AvgIpc) is 2.28. The molecule has 0 saturated carbocycles. The van der Waals surface area contributed by atoms with E-state index in [2.05, 4.69) is 0 Å². The molecule has 0 aromatic carbocycles. The van der Waals surface area contributed by atoms with Crippen molar-refractivity contribution < 1.29 is 8.42 Å². The molecule has 1 rings (SSSR count). The van der Waals surface area contributed by atoms with Crippen LogP contribution in [0, 0.1) is 5.92 Å². The minimum Gasteiger partial charge on any atom is -0.195 e. The van der Waals surface area contributed by atoms with E-state index in [0.29, 0.717) is 24.9 Å². The van der Waals surface area contributed by atoms with E-state index in [1.807, 2.05) is 13.8 Å². The fourth-order valence-electron chi connectivity index (χ4n) is 2.22. The predicted octanol–water partition coefficient (Wildman–Crippen LogP) is 1.91. The lowest BCUT2D eigenvalue weighted by Gasteiger charge is -2.36. The summed E-state index contributed by atoms with van der Waals surface area (Å²) in [7, 11) is -1.69. The molecule has 102 valence electrons. The van der Waals surface area contributed by atoms with Crippen LogP contribution in [-0.2, 0) is 10.2 Å². The molecule has 0 radical (unpaired) electrons. The van der Waals surface area contributed by atoms with E-state index < -0.39 is 10.2 Å². The molecule has 1 heterocycles. The molecule has 0 N–H and O–H groups in total. The lowest BCUT2D eigenvalue weighted by atomic mass is 10.1. The molecule has 1 unspecified atom stereocenters. The van der Waals surface area contributed by atoms with Crippen LogP contribution in [0.3, 0.4) is 0 Å². The number of piperidine rings is 1. The van der Waals surface area contributed by atoms with Crippen molar-refractivity contribution in [1.29, 1.82) is 0 Å². The minimum absolute atomic E-state index is 0.0370. The van der Waals surface area contributed by atoms with E-state index in [0.717, 1.165) is 19.3 Å². The third kappa shape index (κ3) is 3.81. The van der Waals surface area contributed by atoms with E-state index in [9.17, 15) is 8.42 Å². The molecule has 0 aliphatic carbocycles. The number of hydrogen-bond acceptors (Lipinski definition) is 2. The summed E-state index contributed by atoms with van der Waals surface area (Å²) in [5.74, 6) is 0.711. The van der Waals surface area contributed by atoms with Crippen LogP contribution in [0.15, 0.2) is 0 Å². The molecule has 0 spiro atoms. The van der Waals surface area contributed by atoms with Gasteiger partial charge < -0.3 is 0 Å². The van der Waals surface area contributed by atoms with Crippen LogP contribution >= 0.6 is 11.6 Å². The molecular formula is C11H23ClN2O2S. The number of nitrogens with zero attached hydrogens (tertiary/aromatic N) is 2. The highest BCUT2D eigenvalue weighted by Crippen LogP contribution is 2.23. The quantitative estimate of drug-likeness (QED) is 0.723. The molecule has 1 atom stereocenters. The summed E-state index contributed by atoms with van der Waals surface area (Å²) in [5.41, 5.74) is 0. The first kappa shape index (κ1) is 15.2. The van der Waals surface area contributed by atoms with Crippen molar-refractivity contribution in [1.82, 2.24) is 8.61 Å². The van der Waals surface area contributed by atoms with E-state index in [-0.39, 0.29) is 6.04 Å². The molecule has 4 nitrogen and oxygen atoms in total. The van der Waals surface area contributed by atoms with Gasteiger partial charge in [0.25, 0.3) is 10.2 Å². The second-order valence-corrected chi connectivity index (χ2v) is 7.39. The fraction of sp³-hybridized carbons (Fsp3) is 1.00. The molecule has 1 aliphatic heterocycles. The monoisotopic (exact) mass is 282 g/mol. The highest BCUT2D eigenvalue weighted by molar-refractivity contribution is 7.86. The SMILES string of the molecule is CC(C)CN(C)S(=O)(=O)N1CCCCC1CCl. The maximum atomic E-state index is 12.4. The Kier molecular flexibility index (Phi) is 5.70. The molecule has 0 amide bonds. The van der Waals surface area contributed by atoms with Gasteiger partial charge in [-0.25, -0.2) is 0 Å². The Morgan fingerprint density at radius 2 is 2.06 bits per heavy atom. The summed E-state index contributed by atoms with van der Waals surface area (Å²) in [6.45, 7) is 5.18. The van der Waals surface area contributed by atoms with Gasteiger partial charge in [0.15, 0.2) is 0 Å². The Morgan fingerprint density at radius 1 is 1.41 bits per heavy atom. The summed E-state index contributed by atoms with van der Waals surface area (Å²) in [6.07, 6.45) is 2.87. The van der Waals surface area contributed by atoms with Gasteiger partial charge in [0.2, 0.25) is 0 Å². The van der Waals surface area contributed by atoms with Crippen LogP contribution in [0.25, 0.3) is 0 Å². The van der Waals surface area contributed by atoms with Crippen LogP contribution < -0.4 is 0 Å². The van der Waals surface area contributed by atoms with Gasteiger partial charge in [-0.2, -0.15) is 17.0 Å². The van der Waals surface area contributed by atoms with Crippen molar-refractivity contribution in [3.8, 4) is 0 Å². The third-order valence-electron chi connectivity index (χ3n) is 3.06. The van der Waals surface area contributed by atoms with E-state index in [1.165, 1.54) is 4.31 Å². The molecular weight excluding hydrogens is 260 g/mol. The summed E-state index contributed by atoms with van der Waals surface area (Å²) in [6, 6.07) is -0.0370. The Hall–Kier alpha value is 0.160. The van der Waals surface area contributed by atoms with Gasteiger partial charge in [-0.05, 0) is 18.8 Å². The topological polar surface area (TPSA) is 40.6 Å². The zero-order chi connectivity index (χ0) is 13.1. The number of hydrogen-bond donors (Lipinski definition) is 0. The van der Waals surface area contributed by atoms with Crippen LogP contribution in [0.1, 0.15) is 33.1 Å². The van der Waals surface area contributed by atoms with Crippen molar-refractivity contribution in [2.45, 2.75) is 39.2 Å². The first-order chi connectivity index (χ1) is 7.89. The van der Waals surface area contributed by atoms with E-state index in [1.54, 1.807) is 11.4 Å². The van der Waals surface area contributed by atoms with Crippen molar-refractivity contribution in [2.75, 3.05) is 26.0 Å². The second kappa shape index (κ2) is 6.36. The van der Waals surface area contributed by atoms with E-state index in [4.69, 9.17) is 11.6 Å². The smallest absolute Gasteiger partial charge is 0.195 e. The Bertz CT molecular complexity index is 332. The lowest BCUT2D eigenvalue weighted by Crippen LogP contribution is -2.50. The van der Waals surface area contributed by atoms with Crippen LogP contribution in [0.2, 0.25) is 0 Å². The van der Waals surface area contributed by atoms with Crippen LogP contribution in [0.4, 0.5) is 0 Å². The van der Waals surface area contributed by atoms with Gasteiger partial charge in [-0.1, -0.05) is 20.3 Å². The van der Waals surface area contributed by atoms with Crippen molar-refractivity contribution in [3.05, 3.63) is 0 Å². The zero-order valence-electron chi connectivity index (χ0n) is 10.9. The second-order valence-electron chi connectivity index (χ2n) is 5.10. The summed E-state index contributed by atoms with van der Waals surface area (Å²) in [5, 5.41) is 0. The zero-order valence-corrected chi connectivity index (χ0v) is 12.5. The van der Waals surface area contributed by atoms with Gasteiger partial charge in [-0.15, -0.1) is 11.6 Å². The van der Waals surface area contributed by atoms with Crippen molar-refractivity contribution in [3.63, 3.8) is 0 Å². The molecule has 0 aromatic heterocycles. The normalized spacial score (nSPS) is 23.5. The minimum atomic E-state index is -3.34. The molecule has 1 saturated heterocycles. The Morgan fingerprint density at radius 3 is 2.59 bits per heavy atom. The first-order valence-electron chi connectivity index (χ1n) is 6.18. The predicted molar refractivity (Wildman–Crippen MR) is 71.5 cm³/mol.